The maximum Gasteiger partial charge on any atom is 0.147 e. The van der Waals surface area contributed by atoms with Crippen molar-refractivity contribution >= 4 is 43.5 Å². The molecule has 0 amide bonds. The topological polar surface area (TPSA) is 29.5 Å². The van der Waals surface area contributed by atoms with Gasteiger partial charge in [0.05, 0.1) is 15.6 Å². The molecule has 19 heavy (non-hydrogen) atoms. The molecule has 0 aliphatic heterocycles. The first kappa shape index (κ1) is 14.9. The second-order valence-corrected chi connectivity index (χ2v) is 6.22. The summed E-state index contributed by atoms with van der Waals surface area (Å²) in [5, 5.41) is 10.1. The van der Waals surface area contributed by atoms with Gasteiger partial charge in [-0.2, -0.15) is 0 Å². The number of aliphatic hydroxyl groups is 1. The van der Waals surface area contributed by atoms with Gasteiger partial charge in [-0.15, -0.1) is 0 Å². The molecule has 5 heteroatoms. The Hall–Kier alpha value is -0.550. The van der Waals surface area contributed by atoms with Gasteiger partial charge >= 0.3 is 0 Å². The number of rotatable bonds is 3. The van der Waals surface area contributed by atoms with E-state index < -0.39 is 6.10 Å². The molecule has 1 unspecified atom stereocenters. The SMILES string of the molecule is CC(O)c1ccc(Oc2cc(Br)ccc2Cl)c(Br)c1. The van der Waals surface area contributed by atoms with E-state index in [9.17, 15) is 5.11 Å². The third-order valence-corrected chi connectivity index (χ3v) is 3.98. The van der Waals surface area contributed by atoms with Crippen LogP contribution in [0.4, 0.5) is 0 Å². The monoisotopic (exact) mass is 404 g/mol. The molecule has 2 rings (SSSR count). The second kappa shape index (κ2) is 6.27. The zero-order valence-electron chi connectivity index (χ0n) is 10.0. The number of halogens is 3. The number of hydrogen-bond acceptors (Lipinski definition) is 2. The van der Waals surface area contributed by atoms with E-state index in [1.807, 2.05) is 18.2 Å². The summed E-state index contributed by atoms with van der Waals surface area (Å²) in [6.45, 7) is 1.72. The highest BCUT2D eigenvalue weighted by Gasteiger charge is 2.09. The van der Waals surface area contributed by atoms with Gasteiger partial charge in [0, 0.05) is 4.47 Å². The number of aliphatic hydroxyl groups excluding tert-OH is 1. The highest BCUT2D eigenvalue weighted by Crippen LogP contribution is 2.36. The van der Waals surface area contributed by atoms with Crippen LogP contribution in [-0.4, -0.2) is 5.11 Å². The average molecular weight is 407 g/mol. The molecule has 0 aliphatic carbocycles. The minimum atomic E-state index is -0.514. The first-order valence-corrected chi connectivity index (χ1v) is 7.54. The third kappa shape index (κ3) is 3.72. The molecule has 1 N–H and O–H groups in total. The fraction of sp³-hybridized carbons (Fsp3) is 0.143. The van der Waals surface area contributed by atoms with Crippen LogP contribution >= 0.6 is 43.5 Å². The molecule has 0 saturated heterocycles. The van der Waals surface area contributed by atoms with Crippen LogP contribution < -0.4 is 4.74 Å². The summed E-state index contributed by atoms with van der Waals surface area (Å²) in [5.41, 5.74) is 0.819. The average Bonchev–Trinajstić information content (AvgIpc) is 2.36. The lowest BCUT2D eigenvalue weighted by Crippen LogP contribution is -1.92. The van der Waals surface area contributed by atoms with Gasteiger partial charge in [-0.25, -0.2) is 0 Å². The molecule has 0 bridgehead atoms. The first-order chi connectivity index (χ1) is 8.97. The van der Waals surface area contributed by atoms with Crippen molar-refractivity contribution < 1.29 is 9.84 Å². The van der Waals surface area contributed by atoms with Crippen LogP contribution in [-0.2, 0) is 0 Å². The second-order valence-electron chi connectivity index (χ2n) is 4.04. The lowest BCUT2D eigenvalue weighted by atomic mass is 10.1. The van der Waals surface area contributed by atoms with Gasteiger partial charge in [-0.05, 0) is 58.7 Å². The maximum absolute atomic E-state index is 9.52. The van der Waals surface area contributed by atoms with Crippen molar-refractivity contribution in [3.8, 4) is 11.5 Å². The summed E-state index contributed by atoms with van der Waals surface area (Å²) >= 11 is 12.9. The smallest absolute Gasteiger partial charge is 0.147 e. The zero-order valence-corrected chi connectivity index (χ0v) is 14.0. The van der Waals surface area contributed by atoms with Crippen molar-refractivity contribution in [3.63, 3.8) is 0 Å². The van der Waals surface area contributed by atoms with Crippen LogP contribution in [0, 0.1) is 0 Å². The molecule has 100 valence electrons. The van der Waals surface area contributed by atoms with E-state index in [4.69, 9.17) is 16.3 Å². The summed E-state index contributed by atoms with van der Waals surface area (Å²) in [4.78, 5) is 0. The Morgan fingerprint density at radius 2 is 1.84 bits per heavy atom. The number of ether oxygens (including phenoxy) is 1. The van der Waals surface area contributed by atoms with Gasteiger partial charge < -0.3 is 9.84 Å². The van der Waals surface area contributed by atoms with Crippen LogP contribution in [0.15, 0.2) is 45.3 Å². The summed E-state index contributed by atoms with van der Waals surface area (Å²) < 4.78 is 7.42. The van der Waals surface area contributed by atoms with E-state index in [0.717, 1.165) is 14.5 Å². The molecule has 1 atom stereocenters. The van der Waals surface area contributed by atoms with Crippen molar-refractivity contribution in [2.24, 2.45) is 0 Å². The van der Waals surface area contributed by atoms with Crippen LogP contribution in [0.5, 0.6) is 11.5 Å². The first-order valence-electron chi connectivity index (χ1n) is 5.58. The van der Waals surface area contributed by atoms with Gasteiger partial charge in [0.2, 0.25) is 0 Å². The van der Waals surface area contributed by atoms with E-state index >= 15 is 0 Å². The van der Waals surface area contributed by atoms with Crippen LogP contribution in [0.3, 0.4) is 0 Å². The normalized spacial score (nSPS) is 12.3. The molecule has 2 aromatic rings. The van der Waals surface area contributed by atoms with Crippen LogP contribution in [0.2, 0.25) is 5.02 Å². The van der Waals surface area contributed by atoms with Gasteiger partial charge in [-0.1, -0.05) is 33.6 Å². The van der Waals surface area contributed by atoms with Gasteiger partial charge in [0.15, 0.2) is 0 Å². The Morgan fingerprint density at radius 3 is 2.47 bits per heavy atom. The Bertz CT molecular complexity index is 600. The minimum absolute atomic E-state index is 0.514. The largest absolute Gasteiger partial charge is 0.455 e. The molecule has 0 spiro atoms. The van der Waals surface area contributed by atoms with Gasteiger partial charge in [-0.3, -0.25) is 0 Å². The van der Waals surface area contributed by atoms with Gasteiger partial charge in [0.1, 0.15) is 11.5 Å². The standard InChI is InChI=1S/C14H11Br2ClO2/c1-8(18)9-2-5-13(11(16)6-9)19-14-7-10(15)3-4-12(14)17/h2-8,18H,1H3. The lowest BCUT2D eigenvalue weighted by molar-refractivity contribution is 0.199. The Kier molecular flexibility index (Phi) is 4.90. The molecular formula is C14H11Br2ClO2. The maximum atomic E-state index is 9.52. The molecular weight excluding hydrogens is 395 g/mol. The number of benzene rings is 2. The van der Waals surface area contributed by atoms with E-state index in [1.54, 1.807) is 25.1 Å². The molecule has 2 aromatic carbocycles. The van der Waals surface area contributed by atoms with Crippen molar-refractivity contribution in [1.29, 1.82) is 0 Å². The van der Waals surface area contributed by atoms with Gasteiger partial charge in [0.25, 0.3) is 0 Å². The van der Waals surface area contributed by atoms with E-state index in [-0.39, 0.29) is 0 Å². The van der Waals surface area contributed by atoms with Crippen molar-refractivity contribution in [2.45, 2.75) is 13.0 Å². The molecule has 0 fully saturated rings. The van der Waals surface area contributed by atoms with Crippen LogP contribution in [0.1, 0.15) is 18.6 Å². The summed E-state index contributed by atoms with van der Waals surface area (Å²) in [6, 6.07) is 10.9. The number of hydrogen-bond donors (Lipinski definition) is 1. The molecule has 0 heterocycles. The summed E-state index contributed by atoms with van der Waals surface area (Å²) in [7, 11) is 0. The highest BCUT2D eigenvalue weighted by atomic mass is 79.9. The zero-order chi connectivity index (χ0) is 14.0. The Morgan fingerprint density at radius 1 is 1.11 bits per heavy atom. The molecule has 0 radical (unpaired) electrons. The van der Waals surface area contributed by atoms with Crippen LogP contribution in [0.25, 0.3) is 0 Å². The summed E-state index contributed by atoms with van der Waals surface area (Å²) in [6.07, 6.45) is -0.514. The van der Waals surface area contributed by atoms with E-state index in [0.29, 0.717) is 16.5 Å². The molecule has 0 aromatic heterocycles. The summed E-state index contributed by atoms with van der Waals surface area (Å²) in [5.74, 6) is 1.21. The van der Waals surface area contributed by atoms with Crippen molar-refractivity contribution in [1.82, 2.24) is 0 Å². The Labute approximate surface area is 133 Å². The fourth-order valence-corrected chi connectivity index (χ4v) is 2.51. The molecule has 0 saturated carbocycles. The van der Waals surface area contributed by atoms with Crippen molar-refractivity contribution in [3.05, 3.63) is 55.9 Å². The Balaban J connectivity index is 2.31. The molecule has 2 nitrogen and oxygen atoms in total. The lowest BCUT2D eigenvalue weighted by Gasteiger charge is -2.12. The fourth-order valence-electron chi connectivity index (χ4n) is 1.53. The predicted octanol–water partition coefficient (Wildman–Crippen LogP) is 5.71. The highest BCUT2D eigenvalue weighted by molar-refractivity contribution is 9.10. The molecule has 0 aliphatic rings. The quantitative estimate of drug-likeness (QED) is 0.707. The van der Waals surface area contributed by atoms with E-state index in [2.05, 4.69) is 31.9 Å². The predicted molar refractivity (Wildman–Crippen MR) is 84.0 cm³/mol. The van der Waals surface area contributed by atoms with E-state index in [1.165, 1.54) is 0 Å². The third-order valence-electron chi connectivity index (χ3n) is 2.55. The van der Waals surface area contributed by atoms with Crippen molar-refractivity contribution in [2.75, 3.05) is 0 Å². The minimum Gasteiger partial charge on any atom is -0.455 e.